The zero-order valence-corrected chi connectivity index (χ0v) is 61.0. The summed E-state index contributed by atoms with van der Waals surface area (Å²) >= 11 is 0. The molecule has 0 fully saturated rings. The summed E-state index contributed by atoms with van der Waals surface area (Å²) in [6, 6.07) is 153. The molecule has 6 heterocycles. The van der Waals surface area contributed by atoms with Gasteiger partial charge in [-0.15, -0.1) is 0 Å². The molecule has 0 bridgehead atoms. The van der Waals surface area contributed by atoms with Crippen molar-refractivity contribution in [3.63, 3.8) is 0 Å². The molecule has 2 aromatic heterocycles. The monoisotopic (exact) mass is 1430 g/mol. The summed E-state index contributed by atoms with van der Waals surface area (Å²) < 4.78 is 4.98. The van der Waals surface area contributed by atoms with Crippen LogP contribution in [0.3, 0.4) is 0 Å². The molecule has 0 spiro atoms. The maximum Gasteiger partial charge on any atom is 0.252 e. The van der Waals surface area contributed by atoms with Gasteiger partial charge in [0.25, 0.3) is 13.4 Å². The van der Waals surface area contributed by atoms with E-state index in [2.05, 4.69) is 451 Å². The first-order valence-electron chi connectivity index (χ1n) is 38.6. The van der Waals surface area contributed by atoms with E-state index in [-0.39, 0.29) is 13.4 Å². The highest BCUT2D eigenvalue weighted by atomic mass is 15.2. The zero-order valence-electron chi connectivity index (χ0n) is 61.0. The van der Waals surface area contributed by atoms with Gasteiger partial charge in [0.2, 0.25) is 0 Å². The normalized spacial score (nSPS) is 12.9. The van der Waals surface area contributed by atoms with E-state index >= 15 is 0 Å². The van der Waals surface area contributed by atoms with E-state index in [1.165, 1.54) is 54.3 Å². The van der Waals surface area contributed by atoms with Crippen molar-refractivity contribution in [2.24, 2.45) is 0 Å². The molecule has 19 aromatic rings. The first-order valence-corrected chi connectivity index (χ1v) is 38.6. The summed E-state index contributed by atoms with van der Waals surface area (Å²) in [4.78, 5) is 15.3. The second-order valence-electron chi connectivity index (χ2n) is 29.5. The van der Waals surface area contributed by atoms with Gasteiger partial charge >= 0.3 is 0 Å². The van der Waals surface area contributed by atoms with Crippen molar-refractivity contribution in [3.8, 4) is 11.4 Å². The van der Waals surface area contributed by atoms with Crippen LogP contribution in [0.5, 0.6) is 0 Å². The Balaban J connectivity index is 0.833. The van der Waals surface area contributed by atoms with Gasteiger partial charge in [-0.1, -0.05) is 249 Å². The summed E-state index contributed by atoms with van der Waals surface area (Å²) in [6.07, 6.45) is 0. The maximum atomic E-state index is 2.66. The van der Waals surface area contributed by atoms with E-state index in [4.69, 9.17) is 0 Å². The van der Waals surface area contributed by atoms with Crippen LogP contribution in [0.4, 0.5) is 102 Å². The first-order chi connectivity index (χ1) is 55.7. The highest BCUT2D eigenvalue weighted by molar-refractivity contribution is 7.03. The first kappa shape index (κ1) is 63.4. The Morgan fingerprint density at radius 2 is 0.429 bits per heavy atom. The fraction of sp³-hybridized carbons (Fsp3) is 0. The second-order valence-corrected chi connectivity index (χ2v) is 29.5. The van der Waals surface area contributed by atoms with Crippen molar-refractivity contribution in [2.75, 3.05) is 29.4 Å². The molecule has 0 N–H and O–H groups in total. The van der Waals surface area contributed by atoms with Crippen LogP contribution >= 0.6 is 0 Å². The molecule has 4 aliphatic heterocycles. The standard InChI is InChI=1S/C102H68B2N8/c1-7-35-69(36-8-1)105(70-37-9-2-10-38-70)75-63-97-101-99(65-75)111(93-61-33-31-59-91(93)109-85-53-25-19-47-77(85)78-48-20-26-54-86(78)109)89-57-29-23-51-81(89)103(101)83-67-84-96(68-95(83)107(97)73-43-15-5-16-44-73)108(74-45-17-6-18-46-74)98-64-76(106(71-39-11-3-12-40-71)72-41-13-4-14-42-72)66-100-102(98)104(84)82-52-24-30-58-90(82)112(100)94-62-34-32-60-92(94)110-87-55-27-21-49-79(87)80-50-22-28-56-88(80)110/h1-68H. The number of fused-ring (bicyclic) bond motifs is 14. The summed E-state index contributed by atoms with van der Waals surface area (Å²) in [6.45, 7) is -0.526. The van der Waals surface area contributed by atoms with Gasteiger partial charge in [-0.25, -0.2) is 0 Å². The molecule has 0 aliphatic carbocycles. The fourth-order valence-electron chi connectivity index (χ4n) is 19.1. The lowest BCUT2D eigenvalue weighted by Crippen LogP contribution is -2.65. The van der Waals surface area contributed by atoms with Crippen LogP contribution in [0, 0.1) is 0 Å². The lowest BCUT2D eigenvalue weighted by molar-refractivity contribution is 1.15. The molecule has 0 unspecified atom stereocenters. The van der Waals surface area contributed by atoms with Crippen LogP contribution in [-0.4, -0.2) is 22.6 Å². The van der Waals surface area contributed by atoms with Crippen molar-refractivity contribution >= 4 is 192 Å². The predicted molar refractivity (Wildman–Crippen MR) is 473 cm³/mol. The second kappa shape index (κ2) is 25.5. The molecule has 0 radical (unpaired) electrons. The van der Waals surface area contributed by atoms with Crippen LogP contribution in [0.2, 0.25) is 0 Å². The molecule has 112 heavy (non-hydrogen) atoms. The minimum atomic E-state index is -0.263. The number of hydrogen-bond donors (Lipinski definition) is 0. The van der Waals surface area contributed by atoms with Crippen molar-refractivity contribution in [1.82, 2.24) is 9.13 Å². The largest absolute Gasteiger partial charge is 0.311 e. The van der Waals surface area contributed by atoms with E-state index in [9.17, 15) is 0 Å². The van der Waals surface area contributed by atoms with Crippen LogP contribution in [0.15, 0.2) is 413 Å². The number of nitrogens with zero attached hydrogens (tertiary/aromatic N) is 8. The summed E-state index contributed by atoms with van der Waals surface area (Å²) in [7, 11) is 0. The molecule has 0 atom stereocenters. The van der Waals surface area contributed by atoms with Gasteiger partial charge in [0, 0.05) is 101 Å². The molecule has 8 nitrogen and oxygen atoms in total. The van der Waals surface area contributed by atoms with Gasteiger partial charge in [0.15, 0.2) is 0 Å². The lowest BCUT2D eigenvalue weighted by atomic mass is 9.30. The third-order valence-electron chi connectivity index (χ3n) is 23.5. The maximum absolute atomic E-state index is 2.66. The Hall–Kier alpha value is -14.7. The lowest BCUT2D eigenvalue weighted by Gasteiger charge is -2.48. The molecule has 0 amide bonds. The van der Waals surface area contributed by atoms with Crippen LogP contribution in [0.25, 0.3) is 55.0 Å². The van der Waals surface area contributed by atoms with Gasteiger partial charge in [-0.3, -0.25) is 0 Å². The molecule has 0 saturated heterocycles. The molecule has 0 saturated carbocycles. The average molecular weight is 1430 g/mol. The van der Waals surface area contributed by atoms with Gasteiger partial charge in [-0.2, -0.15) is 0 Å². The molecule has 10 heteroatoms. The third kappa shape index (κ3) is 9.58. The van der Waals surface area contributed by atoms with Crippen molar-refractivity contribution in [2.45, 2.75) is 0 Å². The summed E-state index contributed by atoms with van der Waals surface area (Å²) in [5.74, 6) is 0. The van der Waals surface area contributed by atoms with Crippen molar-refractivity contribution in [3.05, 3.63) is 413 Å². The number of hydrogen-bond acceptors (Lipinski definition) is 6. The highest BCUT2D eigenvalue weighted by Gasteiger charge is 2.50. The van der Waals surface area contributed by atoms with Gasteiger partial charge in [0.05, 0.1) is 56.2 Å². The number of rotatable bonds is 12. The van der Waals surface area contributed by atoms with Gasteiger partial charge in [-0.05, 0) is 197 Å². The van der Waals surface area contributed by atoms with Crippen molar-refractivity contribution in [1.29, 1.82) is 0 Å². The predicted octanol–water partition coefficient (Wildman–Crippen LogP) is 23.0. The molecular formula is C102H68B2N8. The zero-order chi connectivity index (χ0) is 73.5. The quantitative estimate of drug-likeness (QED) is 0.113. The Bertz CT molecular complexity index is 6350. The Kier molecular flexibility index (Phi) is 14.4. The van der Waals surface area contributed by atoms with Crippen LogP contribution in [0.1, 0.15) is 0 Å². The minimum Gasteiger partial charge on any atom is -0.311 e. The van der Waals surface area contributed by atoms with E-state index < -0.39 is 0 Å². The number of anilines is 18. The average Bonchev–Trinajstić information content (AvgIpc) is 1.10. The molecule has 4 aliphatic rings. The molecule has 23 rings (SSSR count). The number of para-hydroxylation sites is 16. The molecular weight excluding hydrogens is 1360 g/mol. The van der Waals surface area contributed by atoms with E-state index in [1.807, 2.05) is 0 Å². The summed E-state index contributed by atoms with van der Waals surface area (Å²) in [5, 5.41) is 4.86. The Morgan fingerprint density at radius 1 is 0.170 bits per heavy atom. The topological polar surface area (TPSA) is 29.3 Å². The van der Waals surface area contributed by atoms with E-state index in [1.54, 1.807) is 0 Å². The molecule has 17 aromatic carbocycles. The Morgan fingerprint density at radius 3 is 0.759 bits per heavy atom. The number of aromatic nitrogens is 2. The summed E-state index contributed by atoms with van der Waals surface area (Å²) in [5.41, 5.74) is 33.4. The van der Waals surface area contributed by atoms with Crippen LogP contribution < -0.4 is 62.2 Å². The fourth-order valence-corrected chi connectivity index (χ4v) is 19.1. The third-order valence-corrected chi connectivity index (χ3v) is 23.5. The highest BCUT2D eigenvalue weighted by Crippen LogP contribution is 2.54. The smallest absolute Gasteiger partial charge is 0.252 e. The number of benzene rings is 17. The van der Waals surface area contributed by atoms with Crippen molar-refractivity contribution < 1.29 is 0 Å². The molecule has 522 valence electrons. The minimum absolute atomic E-state index is 0.263. The van der Waals surface area contributed by atoms with Crippen LogP contribution in [-0.2, 0) is 0 Å². The van der Waals surface area contributed by atoms with E-state index in [0.717, 1.165) is 136 Å². The Labute approximate surface area is 650 Å². The van der Waals surface area contributed by atoms with E-state index in [0.29, 0.717) is 0 Å². The SMILES string of the molecule is c1ccc(N(c2ccccc2)c2cc3c4c(c2)N(c2ccccc2-n2c5ccccc5c5ccccc52)c2ccccc2B4c2cc4c(cc2N3c2ccccc2)N(c2ccccc2)c2cc(N(c3ccccc3)c3ccccc3)cc3c2B4c2ccccc2N3c2ccccc2-n2c3ccccc3c3ccccc32)cc1. The van der Waals surface area contributed by atoms with Gasteiger partial charge in [0.1, 0.15) is 0 Å². The van der Waals surface area contributed by atoms with Gasteiger partial charge < -0.3 is 38.5 Å².